The van der Waals surface area contributed by atoms with Crippen molar-refractivity contribution in [2.45, 2.75) is 56.5 Å². The molecule has 1 unspecified atom stereocenters. The first-order chi connectivity index (χ1) is 20.9. The highest BCUT2D eigenvalue weighted by atomic mass is 35.5. The lowest BCUT2D eigenvalue weighted by Crippen LogP contribution is -2.36. The Bertz CT molecular complexity index is 1720. The molecule has 5 aromatic rings. The second-order valence-electron chi connectivity index (χ2n) is 11.8. The molecule has 220 valence electrons. The molecule has 3 aromatic carbocycles. The third kappa shape index (κ3) is 5.60. The van der Waals surface area contributed by atoms with Crippen molar-refractivity contribution in [3.8, 4) is 0 Å². The van der Waals surface area contributed by atoms with Crippen LogP contribution in [0.2, 0.25) is 10.0 Å². The first-order valence-corrected chi connectivity index (χ1v) is 15.7. The zero-order valence-corrected chi connectivity index (χ0v) is 25.4. The molecule has 8 heteroatoms. The highest BCUT2D eigenvalue weighted by Gasteiger charge is 2.34. The van der Waals surface area contributed by atoms with E-state index in [9.17, 15) is 9.90 Å². The zero-order valence-electron chi connectivity index (χ0n) is 23.9. The van der Waals surface area contributed by atoms with E-state index in [1.807, 2.05) is 24.3 Å². The topological polar surface area (TPSA) is 71.5 Å². The second kappa shape index (κ2) is 11.5. The van der Waals surface area contributed by atoms with Crippen molar-refractivity contribution in [3.63, 3.8) is 0 Å². The summed E-state index contributed by atoms with van der Waals surface area (Å²) >= 11 is 12.5. The third-order valence-electron chi connectivity index (χ3n) is 9.08. The summed E-state index contributed by atoms with van der Waals surface area (Å²) in [6.07, 6.45) is 4.36. The average Bonchev–Trinajstić information content (AvgIpc) is 3.61. The van der Waals surface area contributed by atoms with Crippen molar-refractivity contribution in [2.24, 2.45) is 0 Å². The van der Waals surface area contributed by atoms with Crippen LogP contribution in [0.25, 0.3) is 11.0 Å². The van der Waals surface area contributed by atoms with Crippen LogP contribution in [0, 0.1) is 0 Å². The second-order valence-corrected chi connectivity index (χ2v) is 12.7. The van der Waals surface area contributed by atoms with Crippen molar-refractivity contribution in [2.75, 3.05) is 13.1 Å². The number of hydrogen-bond acceptors (Lipinski definition) is 4. The number of carboxylic acids is 1. The Labute approximate surface area is 260 Å². The van der Waals surface area contributed by atoms with Gasteiger partial charge in [0.15, 0.2) is 0 Å². The molecule has 2 aliphatic rings. The fourth-order valence-electron chi connectivity index (χ4n) is 6.61. The summed E-state index contributed by atoms with van der Waals surface area (Å²) in [6.45, 7) is 3.89. The maximum atomic E-state index is 11.3. The monoisotopic (exact) mass is 613 g/mol. The molecule has 6 nitrogen and oxygen atoms in total. The van der Waals surface area contributed by atoms with E-state index in [-0.39, 0.29) is 17.7 Å². The van der Waals surface area contributed by atoms with E-state index in [1.165, 1.54) is 40.9 Å². The van der Waals surface area contributed by atoms with Gasteiger partial charge in [-0.05, 0) is 97.8 Å². The Morgan fingerprint density at radius 1 is 0.860 bits per heavy atom. The maximum Gasteiger partial charge on any atom is 0.371 e. The highest BCUT2D eigenvalue weighted by Crippen LogP contribution is 2.44. The van der Waals surface area contributed by atoms with Gasteiger partial charge in [-0.2, -0.15) is 0 Å². The van der Waals surface area contributed by atoms with E-state index >= 15 is 0 Å². The van der Waals surface area contributed by atoms with Gasteiger partial charge in [-0.1, -0.05) is 53.5 Å². The van der Waals surface area contributed by atoms with Crippen molar-refractivity contribution in [1.29, 1.82) is 0 Å². The molecule has 0 amide bonds. The summed E-state index contributed by atoms with van der Waals surface area (Å²) in [5.74, 6) is 1.41. The van der Waals surface area contributed by atoms with E-state index in [4.69, 9.17) is 32.6 Å². The molecule has 1 atom stereocenters. The molecular formula is C35H33Cl2N3O3. The molecule has 2 aromatic heterocycles. The highest BCUT2D eigenvalue weighted by molar-refractivity contribution is 6.30. The van der Waals surface area contributed by atoms with Crippen molar-refractivity contribution in [1.82, 2.24) is 14.5 Å². The van der Waals surface area contributed by atoms with Crippen LogP contribution in [0.3, 0.4) is 0 Å². The van der Waals surface area contributed by atoms with Gasteiger partial charge < -0.3 is 14.1 Å². The van der Waals surface area contributed by atoms with Gasteiger partial charge in [-0.25, -0.2) is 9.78 Å². The summed E-state index contributed by atoms with van der Waals surface area (Å²) in [4.78, 5) is 18.9. The number of benzene rings is 3. The number of nitrogens with zero attached hydrogens (tertiary/aromatic N) is 3. The largest absolute Gasteiger partial charge is 0.475 e. The van der Waals surface area contributed by atoms with Gasteiger partial charge in [0.1, 0.15) is 11.6 Å². The lowest BCUT2D eigenvalue weighted by atomic mass is 9.85. The number of aromatic nitrogens is 2. The minimum Gasteiger partial charge on any atom is -0.475 e. The third-order valence-corrected chi connectivity index (χ3v) is 9.59. The number of aromatic carboxylic acids is 1. The van der Waals surface area contributed by atoms with Gasteiger partial charge in [0.05, 0.1) is 17.1 Å². The van der Waals surface area contributed by atoms with E-state index in [0.29, 0.717) is 17.7 Å². The quantitative estimate of drug-likeness (QED) is 0.177. The molecule has 2 fully saturated rings. The van der Waals surface area contributed by atoms with Crippen molar-refractivity contribution < 1.29 is 14.3 Å². The van der Waals surface area contributed by atoms with E-state index in [0.717, 1.165) is 41.5 Å². The molecule has 0 radical (unpaired) electrons. The van der Waals surface area contributed by atoms with Crippen LogP contribution in [0.5, 0.6) is 0 Å². The van der Waals surface area contributed by atoms with Gasteiger partial charge >= 0.3 is 5.97 Å². The Morgan fingerprint density at radius 2 is 1.47 bits per heavy atom. The fourth-order valence-corrected chi connectivity index (χ4v) is 6.86. The van der Waals surface area contributed by atoms with Gasteiger partial charge in [0, 0.05) is 41.0 Å². The number of rotatable bonds is 8. The summed E-state index contributed by atoms with van der Waals surface area (Å²) in [7, 11) is 0. The summed E-state index contributed by atoms with van der Waals surface area (Å²) in [5, 5.41) is 10.7. The van der Waals surface area contributed by atoms with Crippen LogP contribution < -0.4 is 0 Å². The molecule has 0 spiro atoms. The molecule has 1 aliphatic heterocycles. The van der Waals surface area contributed by atoms with Crippen LogP contribution in [-0.4, -0.2) is 38.6 Å². The van der Waals surface area contributed by atoms with Crippen LogP contribution in [-0.2, 0) is 0 Å². The number of carboxylic acid groups (broad SMARTS) is 1. The van der Waals surface area contributed by atoms with Gasteiger partial charge in [-0.3, -0.25) is 4.90 Å². The van der Waals surface area contributed by atoms with E-state index in [2.05, 4.69) is 58.9 Å². The molecule has 1 saturated heterocycles. The molecule has 1 saturated carbocycles. The van der Waals surface area contributed by atoms with Crippen molar-refractivity contribution >= 4 is 40.2 Å². The molecule has 3 heterocycles. The number of halogens is 2. The smallest absolute Gasteiger partial charge is 0.371 e. The molecule has 1 N–H and O–H groups in total. The first-order valence-electron chi connectivity index (χ1n) is 15.0. The van der Waals surface area contributed by atoms with Gasteiger partial charge in [0.25, 0.3) is 0 Å². The van der Waals surface area contributed by atoms with Crippen molar-refractivity contribution in [3.05, 3.63) is 123 Å². The van der Waals surface area contributed by atoms with Crippen LogP contribution >= 0.6 is 23.2 Å². The average molecular weight is 615 g/mol. The number of carbonyl (C=O) groups is 1. The fraction of sp³-hybridized carbons (Fsp3) is 0.314. The Morgan fingerprint density at radius 3 is 2.02 bits per heavy atom. The van der Waals surface area contributed by atoms with Crippen LogP contribution in [0.4, 0.5) is 0 Å². The summed E-state index contributed by atoms with van der Waals surface area (Å²) in [6, 6.07) is 26.6. The number of fused-ring (bicyclic) bond motifs is 1. The first kappa shape index (κ1) is 28.2. The molecule has 7 rings (SSSR count). The molecule has 1 aliphatic carbocycles. The van der Waals surface area contributed by atoms with E-state index < -0.39 is 5.97 Å². The summed E-state index contributed by atoms with van der Waals surface area (Å²) in [5.41, 5.74) is 5.79. The minimum absolute atomic E-state index is 0.0120. The standard InChI is InChI=1S/C35H33Cl2N3O3/c1-21(31-14-15-32(43-31)35(41)42)39-18-16-28(17-19-39)40-30-20-25(8-13-29(30)38-34(40)24-2-3-24)33(22-4-9-26(36)10-5-22)23-6-11-27(37)12-7-23/h4-15,20-21,24,28,33H,2-3,16-19H2,1H3,(H,41,42). The Hall–Kier alpha value is -3.58. The Kier molecular flexibility index (Phi) is 7.54. The van der Waals surface area contributed by atoms with Gasteiger partial charge in [0.2, 0.25) is 5.76 Å². The number of imidazole rings is 1. The number of hydrogen-bond donors (Lipinski definition) is 1. The maximum absolute atomic E-state index is 11.3. The molecule has 43 heavy (non-hydrogen) atoms. The van der Waals surface area contributed by atoms with Crippen LogP contribution in [0.15, 0.2) is 83.3 Å². The predicted molar refractivity (Wildman–Crippen MR) is 169 cm³/mol. The SMILES string of the molecule is CC(c1ccc(C(=O)O)o1)N1CCC(n2c(C3CC3)nc3ccc(C(c4ccc(Cl)cc4)c4ccc(Cl)cc4)cc32)CC1. The lowest BCUT2D eigenvalue weighted by Gasteiger charge is -2.36. The predicted octanol–water partition coefficient (Wildman–Crippen LogP) is 9.09. The molecule has 0 bridgehead atoms. The summed E-state index contributed by atoms with van der Waals surface area (Å²) < 4.78 is 8.16. The van der Waals surface area contributed by atoms with Crippen LogP contribution in [0.1, 0.15) is 95.4 Å². The number of furan rings is 1. The number of likely N-dealkylation sites (tertiary alicyclic amines) is 1. The normalized spacial score (nSPS) is 17.1. The zero-order chi connectivity index (χ0) is 29.7. The number of piperidine rings is 1. The lowest BCUT2D eigenvalue weighted by molar-refractivity contribution is 0.0653. The van der Waals surface area contributed by atoms with Gasteiger partial charge in [-0.15, -0.1) is 0 Å². The van der Waals surface area contributed by atoms with E-state index in [1.54, 1.807) is 12.1 Å². The minimum atomic E-state index is -1.04. The molecular weight excluding hydrogens is 581 g/mol. The Balaban J connectivity index is 1.22.